The van der Waals surface area contributed by atoms with Crippen molar-refractivity contribution in [1.82, 2.24) is 0 Å². The van der Waals surface area contributed by atoms with Gasteiger partial charge in [0.05, 0.1) is 40.3 Å². The van der Waals surface area contributed by atoms with Crippen molar-refractivity contribution in [1.29, 1.82) is 0 Å². The summed E-state index contributed by atoms with van der Waals surface area (Å²) in [5.74, 6) is -1.75. The second-order valence-corrected chi connectivity index (χ2v) is 15.5. The fraction of sp³-hybridized carbons (Fsp3) is 0.800. The van der Waals surface area contributed by atoms with Gasteiger partial charge in [0.15, 0.2) is 6.10 Å². The van der Waals surface area contributed by atoms with E-state index in [4.69, 9.17) is 14.2 Å². The van der Waals surface area contributed by atoms with Crippen LogP contribution in [0.5, 0.6) is 0 Å². The molecule has 0 aromatic carbocycles. The Morgan fingerprint density at radius 1 is 0.585 bits per heavy atom. The van der Waals surface area contributed by atoms with Crippen molar-refractivity contribution in [2.24, 2.45) is 0 Å². The lowest BCUT2D eigenvalue weighted by Crippen LogP contribution is -2.55. The van der Waals surface area contributed by atoms with Crippen LogP contribution in [0.3, 0.4) is 0 Å². The van der Waals surface area contributed by atoms with Crippen LogP contribution < -0.4 is 5.11 Å². The number of aliphatic carboxylic acids is 1. The molecule has 0 rings (SSSR count). The van der Waals surface area contributed by atoms with Crippen LogP contribution in [0.2, 0.25) is 0 Å². The largest absolute Gasteiger partial charge is 0.544 e. The van der Waals surface area contributed by atoms with Crippen LogP contribution in [0, 0.1) is 0 Å². The number of carbonyl (C=O) groups is 3. The molecular weight excluding hydrogens is 666 g/mol. The Kier molecular flexibility index (Phi) is 34.8. The second-order valence-electron chi connectivity index (χ2n) is 15.5. The van der Waals surface area contributed by atoms with Crippen molar-refractivity contribution < 1.29 is 38.2 Å². The maximum Gasteiger partial charge on any atom is 0.306 e. The lowest BCUT2D eigenvalue weighted by atomic mass is 10.1. The number of quaternary nitrogens is 1. The van der Waals surface area contributed by atoms with E-state index in [1.165, 1.54) is 89.9 Å². The summed E-state index contributed by atoms with van der Waals surface area (Å²) in [4.78, 5) is 36.8. The molecule has 0 fully saturated rings. The number of unbranched alkanes of at least 4 members (excludes halogenated alkanes) is 18. The van der Waals surface area contributed by atoms with Gasteiger partial charge in [-0.1, -0.05) is 134 Å². The highest BCUT2D eigenvalue weighted by molar-refractivity contribution is 5.70. The molecule has 0 saturated carbocycles. The molecule has 0 aliphatic rings. The highest BCUT2D eigenvalue weighted by atomic mass is 16.6. The molecule has 2 unspecified atom stereocenters. The minimum absolute atomic E-state index is 0.0370. The molecule has 308 valence electrons. The monoisotopic (exact) mass is 748 g/mol. The molecule has 0 amide bonds. The predicted octanol–water partition coefficient (Wildman–Crippen LogP) is 10.1. The number of nitrogens with zero attached hydrogens (tertiary/aromatic N) is 1. The van der Waals surface area contributed by atoms with Gasteiger partial charge in [-0.15, -0.1) is 0 Å². The number of carbonyl (C=O) groups excluding carboxylic acids is 3. The Labute approximate surface area is 325 Å². The number of carboxylic acids is 1. The predicted molar refractivity (Wildman–Crippen MR) is 217 cm³/mol. The van der Waals surface area contributed by atoms with Crippen molar-refractivity contribution in [3.8, 4) is 0 Å². The molecule has 53 heavy (non-hydrogen) atoms. The van der Waals surface area contributed by atoms with Gasteiger partial charge in [0.2, 0.25) is 0 Å². The van der Waals surface area contributed by atoms with E-state index >= 15 is 0 Å². The van der Waals surface area contributed by atoms with E-state index in [0.717, 1.165) is 57.8 Å². The van der Waals surface area contributed by atoms with Crippen LogP contribution in [0.15, 0.2) is 36.5 Å². The first-order valence-corrected chi connectivity index (χ1v) is 21.5. The molecule has 0 N–H and O–H groups in total. The maximum atomic E-state index is 12.7. The molecule has 0 aromatic rings. The molecule has 0 spiro atoms. The minimum atomic E-state index is -1.13. The van der Waals surface area contributed by atoms with Gasteiger partial charge in [-0.3, -0.25) is 9.59 Å². The maximum absolute atomic E-state index is 12.7. The van der Waals surface area contributed by atoms with Gasteiger partial charge in [0.1, 0.15) is 12.6 Å². The van der Waals surface area contributed by atoms with E-state index in [1.807, 2.05) is 0 Å². The molecule has 0 bridgehead atoms. The summed E-state index contributed by atoms with van der Waals surface area (Å²) in [7, 11) is 5.40. The Morgan fingerprint density at radius 3 is 1.57 bits per heavy atom. The Bertz CT molecular complexity index is 968. The quantitative estimate of drug-likeness (QED) is 0.0268. The molecular formula is C45H81NO7. The van der Waals surface area contributed by atoms with Gasteiger partial charge in [0, 0.05) is 19.3 Å². The normalized spacial score (nSPS) is 13.3. The molecule has 0 heterocycles. The van der Waals surface area contributed by atoms with Crippen molar-refractivity contribution in [2.45, 2.75) is 193 Å². The average molecular weight is 748 g/mol. The van der Waals surface area contributed by atoms with Crippen molar-refractivity contribution in [3.63, 3.8) is 0 Å². The van der Waals surface area contributed by atoms with Crippen molar-refractivity contribution >= 4 is 17.9 Å². The number of rotatable bonds is 38. The SMILES string of the molecule is CC/C=C/C/C=C/CCCCCCCCCC(=O)OC(COCCC(C(=O)[O-])[N+](C)(C)C)COC(=O)CCCCCCCCC/C=C/CCCCCC. The Hall–Kier alpha value is -2.45. The van der Waals surface area contributed by atoms with E-state index in [2.05, 4.69) is 50.3 Å². The van der Waals surface area contributed by atoms with Crippen LogP contribution in [0.25, 0.3) is 0 Å². The van der Waals surface area contributed by atoms with Crippen molar-refractivity contribution in [2.75, 3.05) is 41.0 Å². The third-order valence-electron chi connectivity index (χ3n) is 9.51. The van der Waals surface area contributed by atoms with E-state index < -0.39 is 18.1 Å². The molecule has 2 atom stereocenters. The lowest BCUT2D eigenvalue weighted by Gasteiger charge is -2.34. The Morgan fingerprint density at radius 2 is 1.06 bits per heavy atom. The zero-order valence-corrected chi connectivity index (χ0v) is 34.9. The number of hydrogen-bond donors (Lipinski definition) is 0. The number of likely N-dealkylation sites (N-methyl/N-ethyl adjacent to an activating group) is 1. The van der Waals surface area contributed by atoms with Crippen LogP contribution in [-0.2, 0) is 28.6 Å². The fourth-order valence-corrected chi connectivity index (χ4v) is 6.16. The molecule has 8 nitrogen and oxygen atoms in total. The van der Waals surface area contributed by atoms with Crippen LogP contribution in [0.4, 0.5) is 0 Å². The third-order valence-corrected chi connectivity index (χ3v) is 9.51. The summed E-state index contributed by atoms with van der Waals surface area (Å²) in [5.41, 5.74) is 0. The Balaban J connectivity index is 4.36. The first kappa shape index (κ1) is 50.5. The zero-order valence-electron chi connectivity index (χ0n) is 34.9. The highest BCUT2D eigenvalue weighted by Crippen LogP contribution is 2.14. The van der Waals surface area contributed by atoms with Gasteiger partial charge in [-0.2, -0.15) is 0 Å². The van der Waals surface area contributed by atoms with Gasteiger partial charge < -0.3 is 28.6 Å². The summed E-state index contributed by atoms with van der Waals surface area (Å²) in [6, 6.07) is -0.726. The zero-order chi connectivity index (χ0) is 39.3. The number of allylic oxidation sites excluding steroid dienone is 6. The first-order chi connectivity index (χ1) is 25.6. The summed E-state index contributed by atoms with van der Waals surface area (Å²) in [6.45, 7) is 4.53. The number of esters is 2. The van der Waals surface area contributed by atoms with E-state index in [9.17, 15) is 19.5 Å². The lowest BCUT2D eigenvalue weighted by molar-refractivity contribution is -0.889. The summed E-state index contributed by atoms with van der Waals surface area (Å²) in [5, 5.41) is 11.6. The molecule has 0 saturated heterocycles. The fourth-order valence-electron chi connectivity index (χ4n) is 6.16. The smallest absolute Gasteiger partial charge is 0.306 e. The van der Waals surface area contributed by atoms with E-state index in [1.54, 1.807) is 21.1 Å². The number of carboxylic acid groups (broad SMARTS) is 1. The van der Waals surface area contributed by atoms with Crippen LogP contribution in [-0.4, -0.2) is 75.5 Å². The topological polar surface area (TPSA) is 102 Å². The van der Waals surface area contributed by atoms with Gasteiger partial charge in [0.25, 0.3) is 0 Å². The average Bonchev–Trinajstić information content (AvgIpc) is 3.11. The second kappa shape index (κ2) is 36.5. The molecule has 0 aliphatic carbocycles. The van der Waals surface area contributed by atoms with E-state index in [0.29, 0.717) is 12.8 Å². The number of hydrogen-bond acceptors (Lipinski definition) is 7. The van der Waals surface area contributed by atoms with E-state index in [-0.39, 0.29) is 42.7 Å². The highest BCUT2D eigenvalue weighted by Gasteiger charge is 2.25. The van der Waals surface area contributed by atoms with Gasteiger partial charge in [-0.05, 0) is 64.2 Å². The van der Waals surface area contributed by atoms with Crippen LogP contribution >= 0.6 is 0 Å². The summed E-state index contributed by atoms with van der Waals surface area (Å²) in [6.07, 6.45) is 40.2. The summed E-state index contributed by atoms with van der Waals surface area (Å²) >= 11 is 0. The molecule has 0 aromatic heterocycles. The van der Waals surface area contributed by atoms with Gasteiger partial charge in [-0.25, -0.2) is 0 Å². The molecule has 8 heteroatoms. The molecule has 0 aliphatic heterocycles. The van der Waals surface area contributed by atoms with Crippen molar-refractivity contribution in [3.05, 3.63) is 36.5 Å². The molecule has 0 radical (unpaired) electrons. The number of ether oxygens (including phenoxy) is 3. The first-order valence-electron chi connectivity index (χ1n) is 21.5. The third kappa shape index (κ3) is 35.0. The van der Waals surface area contributed by atoms with Gasteiger partial charge >= 0.3 is 11.9 Å². The summed E-state index contributed by atoms with van der Waals surface area (Å²) < 4.78 is 17.1. The minimum Gasteiger partial charge on any atom is -0.544 e. The standard InChI is InChI=1S/C45H81NO7/c1-6-8-10-12-14-16-18-20-22-24-25-27-29-31-33-35-43(47)52-40-41(39-51-38-37-42(45(49)50)46(3,4)5)53-44(48)36-34-32-30-28-26-23-21-19-17-15-13-11-9-7-2/h9,11,15-18,41-42H,6-8,10,12-14,19-40H2,1-5H3/b11-9+,17-15+,18-16+. The van der Waals surface area contributed by atoms with Crippen LogP contribution in [0.1, 0.15) is 181 Å².